The van der Waals surface area contributed by atoms with E-state index < -0.39 is 10.8 Å². The molecule has 1 aliphatic rings. The minimum absolute atomic E-state index is 0.0476. The second-order valence-electron chi connectivity index (χ2n) is 4.41. The fourth-order valence-electron chi connectivity index (χ4n) is 1.56. The van der Waals surface area contributed by atoms with Crippen molar-refractivity contribution in [1.29, 1.82) is 0 Å². The van der Waals surface area contributed by atoms with Gasteiger partial charge in [0, 0.05) is 27.0 Å². The molecule has 6 heteroatoms. The Morgan fingerprint density at radius 3 is 2.83 bits per heavy atom. The Labute approximate surface area is 117 Å². The lowest BCUT2D eigenvalue weighted by Gasteiger charge is -2.07. The second kappa shape index (κ2) is 5.84. The number of nitrogens with two attached hydrogens (primary N) is 1. The summed E-state index contributed by atoms with van der Waals surface area (Å²) in [6.45, 7) is 0. The number of halogens is 1. The van der Waals surface area contributed by atoms with Gasteiger partial charge in [-0.3, -0.25) is 9.00 Å². The Kier molecular flexibility index (Phi) is 4.40. The van der Waals surface area contributed by atoms with Crippen LogP contribution in [0.1, 0.15) is 18.4 Å². The minimum Gasteiger partial charge on any atom is -0.398 e. The van der Waals surface area contributed by atoms with Gasteiger partial charge in [-0.1, -0.05) is 22.0 Å². The third kappa shape index (κ3) is 4.10. The van der Waals surface area contributed by atoms with Crippen molar-refractivity contribution in [3.8, 4) is 0 Å². The van der Waals surface area contributed by atoms with Crippen molar-refractivity contribution >= 4 is 38.3 Å². The predicted octanol–water partition coefficient (Wildman–Crippen LogP) is 1.56. The fraction of sp³-hybridized carbons (Fsp3) is 0.417. The SMILES string of the molecule is Nc1cc(Br)ccc1CS(=O)CC(=O)NC1CC1. The van der Waals surface area contributed by atoms with Crippen LogP contribution in [-0.4, -0.2) is 21.9 Å². The summed E-state index contributed by atoms with van der Waals surface area (Å²) in [4.78, 5) is 11.5. The molecule has 0 bridgehead atoms. The molecule has 4 nitrogen and oxygen atoms in total. The van der Waals surface area contributed by atoms with Gasteiger partial charge in [-0.2, -0.15) is 0 Å². The third-order valence-electron chi connectivity index (χ3n) is 2.66. The zero-order valence-corrected chi connectivity index (χ0v) is 12.2. The number of anilines is 1. The van der Waals surface area contributed by atoms with Crippen LogP contribution >= 0.6 is 15.9 Å². The zero-order valence-electron chi connectivity index (χ0n) is 9.82. The molecule has 1 amide bonds. The van der Waals surface area contributed by atoms with Crippen LogP contribution in [0.3, 0.4) is 0 Å². The first kappa shape index (κ1) is 13.5. The Balaban J connectivity index is 1.87. The Morgan fingerprint density at radius 1 is 1.50 bits per heavy atom. The largest absolute Gasteiger partial charge is 0.398 e. The number of benzene rings is 1. The molecule has 0 heterocycles. The van der Waals surface area contributed by atoms with Crippen LogP contribution in [0.4, 0.5) is 5.69 Å². The van der Waals surface area contributed by atoms with Crippen molar-refractivity contribution in [3.05, 3.63) is 28.2 Å². The molecule has 3 N–H and O–H groups in total. The molecule has 98 valence electrons. The molecule has 2 rings (SSSR count). The van der Waals surface area contributed by atoms with E-state index in [1.54, 1.807) is 6.07 Å². The van der Waals surface area contributed by atoms with Gasteiger partial charge in [0.2, 0.25) is 5.91 Å². The number of hydrogen-bond donors (Lipinski definition) is 2. The van der Waals surface area contributed by atoms with Gasteiger partial charge >= 0.3 is 0 Å². The van der Waals surface area contributed by atoms with Crippen molar-refractivity contribution in [2.24, 2.45) is 0 Å². The first-order valence-electron chi connectivity index (χ1n) is 5.73. The van der Waals surface area contributed by atoms with Crippen molar-refractivity contribution < 1.29 is 9.00 Å². The van der Waals surface area contributed by atoms with E-state index in [9.17, 15) is 9.00 Å². The van der Waals surface area contributed by atoms with E-state index in [0.717, 1.165) is 22.9 Å². The Morgan fingerprint density at radius 2 is 2.22 bits per heavy atom. The molecule has 0 aliphatic heterocycles. The molecule has 18 heavy (non-hydrogen) atoms. The van der Waals surface area contributed by atoms with E-state index in [4.69, 9.17) is 5.73 Å². The van der Waals surface area contributed by atoms with Gasteiger partial charge in [0.25, 0.3) is 0 Å². The van der Waals surface area contributed by atoms with Crippen LogP contribution in [0.25, 0.3) is 0 Å². The van der Waals surface area contributed by atoms with E-state index in [1.807, 2.05) is 12.1 Å². The quantitative estimate of drug-likeness (QED) is 0.805. The average molecular weight is 331 g/mol. The summed E-state index contributed by atoms with van der Waals surface area (Å²) in [7, 11) is -1.21. The molecule has 1 aliphatic carbocycles. The predicted molar refractivity (Wildman–Crippen MR) is 76.4 cm³/mol. The first-order chi connectivity index (χ1) is 8.54. The van der Waals surface area contributed by atoms with E-state index in [-0.39, 0.29) is 11.7 Å². The summed E-state index contributed by atoms with van der Waals surface area (Å²) in [6.07, 6.45) is 2.08. The lowest BCUT2D eigenvalue weighted by Crippen LogP contribution is -2.30. The highest BCUT2D eigenvalue weighted by atomic mass is 79.9. The van der Waals surface area contributed by atoms with Crippen LogP contribution < -0.4 is 11.1 Å². The van der Waals surface area contributed by atoms with Gasteiger partial charge in [0.05, 0.1) is 5.75 Å². The number of nitrogen functional groups attached to an aromatic ring is 1. The van der Waals surface area contributed by atoms with Gasteiger partial charge < -0.3 is 11.1 Å². The molecule has 1 aromatic rings. The van der Waals surface area contributed by atoms with Gasteiger partial charge in [-0.05, 0) is 30.5 Å². The second-order valence-corrected chi connectivity index (χ2v) is 6.79. The molecule has 1 aromatic carbocycles. The van der Waals surface area contributed by atoms with Gasteiger partial charge in [0.1, 0.15) is 5.75 Å². The van der Waals surface area contributed by atoms with Gasteiger partial charge in [-0.15, -0.1) is 0 Å². The smallest absolute Gasteiger partial charge is 0.232 e. The van der Waals surface area contributed by atoms with Crippen LogP contribution in [-0.2, 0) is 21.3 Å². The number of carbonyl (C=O) groups is 1. The van der Waals surface area contributed by atoms with Gasteiger partial charge in [0.15, 0.2) is 0 Å². The average Bonchev–Trinajstić information content (AvgIpc) is 3.05. The molecule has 1 saturated carbocycles. The monoisotopic (exact) mass is 330 g/mol. The van der Waals surface area contributed by atoms with Crippen LogP contribution in [0.2, 0.25) is 0 Å². The molecule has 0 spiro atoms. The molecule has 1 fully saturated rings. The maximum Gasteiger partial charge on any atom is 0.232 e. The summed E-state index contributed by atoms with van der Waals surface area (Å²) < 4.78 is 12.7. The number of amides is 1. The highest BCUT2D eigenvalue weighted by Gasteiger charge is 2.23. The van der Waals surface area contributed by atoms with Gasteiger partial charge in [-0.25, -0.2) is 0 Å². The van der Waals surface area contributed by atoms with Crippen LogP contribution in [0.5, 0.6) is 0 Å². The molecule has 1 unspecified atom stereocenters. The van der Waals surface area contributed by atoms with E-state index in [0.29, 0.717) is 17.5 Å². The molecule has 0 saturated heterocycles. The first-order valence-corrected chi connectivity index (χ1v) is 8.01. The van der Waals surface area contributed by atoms with Crippen LogP contribution in [0.15, 0.2) is 22.7 Å². The van der Waals surface area contributed by atoms with Crippen LogP contribution in [0, 0.1) is 0 Å². The number of nitrogens with one attached hydrogen (secondary N) is 1. The number of hydrogen-bond acceptors (Lipinski definition) is 3. The van der Waals surface area contributed by atoms with Crippen molar-refractivity contribution in [2.45, 2.75) is 24.6 Å². The highest BCUT2D eigenvalue weighted by Crippen LogP contribution is 2.20. The summed E-state index contributed by atoms with van der Waals surface area (Å²) in [5.41, 5.74) is 7.24. The highest BCUT2D eigenvalue weighted by molar-refractivity contribution is 9.10. The summed E-state index contributed by atoms with van der Waals surface area (Å²) in [5, 5.41) is 2.82. The topological polar surface area (TPSA) is 72.2 Å². The van der Waals surface area contributed by atoms with E-state index in [1.165, 1.54) is 0 Å². The fourth-order valence-corrected chi connectivity index (χ4v) is 3.03. The summed E-state index contributed by atoms with van der Waals surface area (Å²) >= 11 is 3.32. The lowest BCUT2D eigenvalue weighted by molar-refractivity contribution is -0.118. The normalized spacial score (nSPS) is 16.3. The minimum atomic E-state index is -1.21. The molecule has 0 radical (unpaired) electrons. The van der Waals surface area contributed by atoms with Crippen molar-refractivity contribution in [1.82, 2.24) is 5.32 Å². The molecule has 0 aromatic heterocycles. The van der Waals surface area contributed by atoms with Crippen molar-refractivity contribution in [2.75, 3.05) is 11.5 Å². The summed E-state index contributed by atoms with van der Waals surface area (Å²) in [6, 6.07) is 5.77. The zero-order chi connectivity index (χ0) is 13.1. The summed E-state index contributed by atoms with van der Waals surface area (Å²) in [5.74, 6) is 0.231. The van der Waals surface area contributed by atoms with E-state index in [2.05, 4.69) is 21.2 Å². The molecular weight excluding hydrogens is 316 g/mol. The molecular formula is C12H15BrN2O2S. The standard InChI is InChI=1S/C12H15BrN2O2S/c13-9-2-1-8(11(14)5-9)6-18(17)7-12(16)15-10-3-4-10/h1-2,5,10H,3-4,6-7,14H2,(H,15,16). The Hall–Kier alpha value is -0.880. The van der Waals surface area contributed by atoms with Crippen molar-refractivity contribution in [3.63, 3.8) is 0 Å². The third-order valence-corrected chi connectivity index (χ3v) is 4.37. The number of rotatable bonds is 5. The maximum atomic E-state index is 11.8. The number of carbonyl (C=O) groups excluding carboxylic acids is 1. The maximum absolute atomic E-state index is 11.8. The molecule has 1 atom stereocenters. The lowest BCUT2D eigenvalue weighted by atomic mass is 10.2. The van der Waals surface area contributed by atoms with E-state index >= 15 is 0 Å². The Bertz CT molecular complexity index is 489.